The second kappa shape index (κ2) is 24.2. The van der Waals surface area contributed by atoms with Gasteiger partial charge in [0.05, 0.1) is 36.8 Å². The summed E-state index contributed by atoms with van der Waals surface area (Å²) in [5.74, 6) is -4.18. The van der Waals surface area contributed by atoms with E-state index in [-0.39, 0.29) is 56.6 Å². The maximum atomic E-state index is 10.0. The molecule has 0 fully saturated rings. The third-order valence-electron chi connectivity index (χ3n) is 1.76. The molecule has 24 heteroatoms. The SMILES string of the molecule is O=C([O-])CNCP(=O)(O)O.O=C([O-])CNCP(=O)(O)O.O=C([O-])CNCP(=O)(O)O.[Li+].[Li+].[Li+]. The summed E-state index contributed by atoms with van der Waals surface area (Å²) in [6, 6.07) is 0. The number of rotatable bonds is 12. The summed E-state index contributed by atoms with van der Waals surface area (Å²) in [6.07, 6.45) is -1.91. The van der Waals surface area contributed by atoms with E-state index >= 15 is 0 Å². The Morgan fingerprint density at radius 2 is 0.667 bits per heavy atom. The van der Waals surface area contributed by atoms with Crippen LogP contribution in [0.25, 0.3) is 0 Å². The summed E-state index contributed by atoms with van der Waals surface area (Å²) < 4.78 is 30.1. The molecule has 18 nitrogen and oxygen atoms in total. The summed E-state index contributed by atoms with van der Waals surface area (Å²) >= 11 is 0. The van der Waals surface area contributed by atoms with E-state index in [9.17, 15) is 43.4 Å². The van der Waals surface area contributed by atoms with Crippen LogP contribution in [0.5, 0.6) is 0 Å². The Bertz CT molecular complexity index is 592. The number of carboxylic acids is 3. The minimum atomic E-state index is -4.12. The van der Waals surface area contributed by atoms with Gasteiger partial charge in [-0.05, 0) is 0 Å². The minimum absolute atomic E-state index is 0. The monoisotopic (exact) mass is 525 g/mol. The second-order valence-electron chi connectivity index (χ2n) is 4.86. The number of carbonyl (C=O) groups is 3. The van der Waals surface area contributed by atoms with Gasteiger partial charge >= 0.3 is 79.4 Å². The quantitative estimate of drug-likeness (QED) is 0.0843. The van der Waals surface area contributed by atoms with Crippen LogP contribution < -0.4 is 87.9 Å². The Morgan fingerprint density at radius 1 is 0.515 bits per heavy atom. The molecule has 180 valence electrons. The molecule has 0 unspecified atom stereocenters. The van der Waals surface area contributed by atoms with Crippen molar-refractivity contribution in [3.63, 3.8) is 0 Å². The van der Waals surface area contributed by atoms with Crippen LogP contribution in [-0.2, 0) is 28.1 Å². The molecule has 0 aliphatic heterocycles. The first-order valence-electron chi connectivity index (χ1n) is 7.10. The van der Waals surface area contributed by atoms with Crippen LogP contribution in [-0.4, -0.2) is 85.8 Å². The van der Waals surface area contributed by atoms with E-state index in [2.05, 4.69) is 0 Å². The van der Waals surface area contributed by atoms with E-state index in [1.165, 1.54) is 0 Å². The van der Waals surface area contributed by atoms with Gasteiger partial charge < -0.3 is 75.0 Å². The van der Waals surface area contributed by atoms with Crippen LogP contribution in [0, 0.1) is 0 Å². The molecule has 0 aliphatic carbocycles. The molecule has 0 aromatic carbocycles. The molecule has 0 atom stereocenters. The van der Waals surface area contributed by atoms with Crippen molar-refractivity contribution in [2.24, 2.45) is 0 Å². The van der Waals surface area contributed by atoms with Crippen LogP contribution in [0.15, 0.2) is 0 Å². The van der Waals surface area contributed by atoms with E-state index in [1.54, 1.807) is 0 Å². The van der Waals surface area contributed by atoms with Gasteiger partial charge in [-0.1, -0.05) is 0 Å². The van der Waals surface area contributed by atoms with Crippen LogP contribution >= 0.6 is 22.8 Å². The van der Waals surface area contributed by atoms with Gasteiger partial charge in [-0.3, -0.25) is 13.7 Å². The van der Waals surface area contributed by atoms with Gasteiger partial charge in [-0.15, -0.1) is 0 Å². The largest absolute Gasteiger partial charge is 1.00 e. The van der Waals surface area contributed by atoms with Gasteiger partial charge in [0.15, 0.2) is 0 Å². The summed E-state index contributed by atoms with van der Waals surface area (Å²) in [5.41, 5.74) is 0. The molecule has 0 aliphatic rings. The predicted molar refractivity (Wildman–Crippen MR) is 89.8 cm³/mol. The normalized spacial score (nSPS) is 10.4. The fourth-order valence-electron chi connectivity index (χ4n) is 0.911. The van der Waals surface area contributed by atoms with Gasteiger partial charge in [0.2, 0.25) is 0 Å². The Kier molecular flexibility index (Phi) is 34.4. The molecule has 0 heterocycles. The molecule has 0 aromatic heterocycles. The molecule has 0 rings (SSSR count). The van der Waals surface area contributed by atoms with Gasteiger partial charge in [0, 0.05) is 19.6 Å². The zero-order valence-electron chi connectivity index (χ0n) is 17.9. The van der Waals surface area contributed by atoms with E-state index in [4.69, 9.17) is 29.4 Å². The van der Waals surface area contributed by atoms with Gasteiger partial charge in [-0.25, -0.2) is 0 Å². The molecule has 0 saturated heterocycles. The van der Waals surface area contributed by atoms with Gasteiger partial charge in [0.1, 0.15) is 0 Å². The molecule has 0 aromatic rings. The minimum Gasteiger partial charge on any atom is -0.549 e. The standard InChI is InChI=1S/3C3H8NO5P.3Li/c3*5-3(6)1-4-2-10(7,8)9;;;/h3*4H,1-2H2,(H,5,6)(H2,7,8,9);;;/q;;;3*+1/p-3. The zero-order valence-corrected chi connectivity index (χ0v) is 20.6. The maximum absolute atomic E-state index is 10.0. The Morgan fingerprint density at radius 3 is 0.758 bits per heavy atom. The van der Waals surface area contributed by atoms with Crippen molar-refractivity contribution in [1.29, 1.82) is 0 Å². The Hall–Kier alpha value is 0.532. The van der Waals surface area contributed by atoms with Crippen molar-refractivity contribution in [1.82, 2.24) is 16.0 Å². The topological polar surface area (TPSA) is 329 Å². The summed E-state index contributed by atoms with van der Waals surface area (Å²) in [6.45, 7) is -1.65. The Balaban J connectivity index is -0.0000000792. The first kappa shape index (κ1) is 46.8. The van der Waals surface area contributed by atoms with E-state index in [0.29, 0.717) is 0 Å². The number of nitrogens with one attached hydrogen (secondary N) is 3. The molecule has 0 amide bonds. The second-order valence-corrected chi connectivity index (χ2v) is 9.80. The molecule has 9 N–H and O–H groups in total. The number of carboxylic acid groups (broad SMARTS) is 3. The average Bonchev–Trinajstić information content (AvgIpc) is 2.42. The number of carbonyl (C=O) groups excluding carboxylic acids is 3. The third kappa shape index (κ3) is 65.4. The van der Waals surface area contributed by atoms with E-state index in [0.717, 1.165) is 0 Å². The fourth-order valence-corrected chi connectivity index (χ4v) is 2.12. The summed E-state index contributed by atoms with van der Waals surface area (Å²) in [7, 11) is -12.4. The van der Waals surface area contributed by atoms with Crippen molar-refractivity contribution >= 4 is 40.7 Å². The molecular formula is C9H21Li3N3O15P3. The Labute approximate surface area is 223 Å². The smallest absolute Gasteiger partial charge is 0.549 e. The number of aliphatic carboxylic acids is 3. The van der Waals surface area contributed by atoms with Crippen LogP contribution in [0.1, 0.15) is 0 Å². The maximum Gasteiger partial charge on any atom is 1.00 e. The van der Waals surface area contributed by atoms with Gasteiger partial charge in [-0.2, -0.15) is 0 Å². The van der Waals surface area contributed by atoms with Crippen molar-refractivity contribution in [2.45, 2.75) is 0 Å². The zero-order chi connectivity index (χ0) is 24.6. The molecule has 0 spiro atoms. The first-order chi connectivity index (χ1) is 13.2. The van der Waals surface area contributed by atoms with Crippen molar-refractivity contribution < 1.29 is 129 Å². The predicted octanol–water partition coefficient (Wildman–Crippen LogP) is -16.6. The molecule has 0 bridgehead atoms. The van der Waals surface area contributed by atoms with Crippen molar-refractivity contribution in [3.8, 4) is 0 Å². The summed E-state index contributed by atoms with van der Waals surface area (Å²) in [5, 5.41) is 35.0. The molecule has 0 saturated carbocycles. The third-order valence-corrected chi connectivity index (χ3v) is 3.67. The van der Waals surface area contributed by atoms with Crippen LogP contribution in [0.2, 0.25) is 0 Å². The average molecular weight is 525 g/mol. The van der Waals surface area contributed by atoms with Crippen LogP contribution in [0.3, 0.4) is 0 Å². The van der Waals surface area contributed by atoms with Crippen LogP contribution in [0.4, 0.5) is 0 Å². The fraction of sp³-hybridized carbons (Fsp3) is 0.667. The van der Waals surface area contributed by atoms with Crippen molar-refractivity contribution in [2.75, 3.05) is 38.5 Å². The van der Waals surface area contributed by atoms with Gasteiger partial charge in [0.25, 0.3) is 0 Å². The van der Waals surface area contributed by atoms with E-state index < -0.39 is 79.2 Å². The number of hydrogen-bond acceptors (Lipinski definition) is 12. The molecule has 0 radical (unpaired) electrons. The number of hydrogen-bond donors (Lipinski definition) is 9. The van der Waals surface area contributed by atoms with E-state index in [1.807, 2.05) is 16.0 Å². The summed E-state index contributed by atoms with van der Waals surface area (Å²) in [4.78, 5) is 78.0. The first-order valence-corrected chi connectivity index (χ1v) is 12.5. The molecular weight excluding hydrogens is 504 g/mol. The van der Waals surface area contributed by atoms with Crippen molar-refractivity contribution in [3.05, 3.63) is 0 Å². The molecule has 33 heavy (non-hydrogen) atoms.